The Bertz CT molecular complexity index is 752. The van der Waals surface area contributed by atoms with Gasteiger partial charge in [-0.05, 0) is 24.8 Å². The summed E-state index contributed by atoms with van der Waals surface area (Å²) in [5.41, 5.74) is 2.10. The van der Waals surface area contributed by atoms with Gasteiger partial charge in [-0.15, -0.1) is 0 Å². The molecular formula is C18H22N4O2. The Morgan fingerprint density at radius 1 is 1.29 bits per heavy atom. The molecule has 1 aliphatic rings. The summed E-state index contributed by atoms with van der Waals surface area (Å²) in [4.78, 5) is 26.4. The van der Waals surface area contributed by atoms with Crippen molar-refractivity contribution in [3.05, 3.63) is 47.8 Å². The number of nitrogens with one attached hydrogen (secondary N) is 1. The zero-order chi connectivity index (χ0) is 17.3. The van der Waals surface area contributed by atoms with Crippen LogP contribution in [0.15, 0.2) is 36.5 Å². The van der Waals surface area contributed by atoms with Crippen LogP contribution in [0.4, 0.5) is 5.69 Å². The highest BCUT2D eigenvalue weighted by Crippen LogP contribution is 2.47. The van der Waals surface area contributed by atoms with Crippen molar-refractivity contribution in [3.8, 4) is 0 Å². The lowest BCUT2D eigenvalue weighted by Crippen LogP contribution is -2.27. The number of benzene rings is 1. The van der Waals surface area contributed by atoms with Crippen LogP contribution in [0.1, 0.15) is 35.3 Å². The SMILES string of the molecule is CCn1ncc(NC(=O)C2CC2c2ccccc2)c1C(=O)N(C)C. The summed E-state index contributed by atoms with van der Waals surface area (Å²) in [7, 11) is 3.38. The van der Waals surface area contributed by atoms with E-state index >= 15 is 0 Å². The smallest absolute Gasteiger partial charge is 0.273 e. The zero-order valence-electron chi connectivity index (χ0n) is 14.2. The molecule has 0 radical (unpaired) electrons. The monoisotopic (exact) mass is 326 g/mol. The molecule has 0 saturated heterocycles. The van der Waals surface area contributed by atoms with Gasteiger partial charge in [0.05, 0.1) is 11.9 Å². The van der Waals surface area contributed by atoms with Crippen molar-refractivity contribution in [3.63, 3.8) is 0 Å². The van der Waals surface area contributed by atoms with E-state index in [2.05, 4.69) is 10.4 Å². The summed E-state index contributed by atoms with van der Waals surface area (Å²) in [6.45, 7) is 2.48. The molecule has 2 amide bonds. The van der Waals surface area contributed by atoms with Crippen LogP contribution in [0, 0.1) is 5.92 Å². The molecule has 3 rings (SSSR count). The van der Waals surface area contributed by atoms with Crippen LogP contribution in [0.2, 0.25) is 0 Å². The molecule has 126 valence electrons. The standard InChI is InChI=1S/C18H22N4O2/c1-4-22-16(18(24)21(2)3)15(11-19-22)20-17(23)14-10-13(14)12-8-6-5-7-9-12/h5-9,11,13-14H,4,10H2,1-3H3,(H,20,23). The van der Waals surface area contributed by atoms with Crippen molar-refractivity contribution >= 4 is 17.5 Å². The van der Waals surface area contributed by atoms with Gasteiger partial charge < -0.3 is 10.2 Å². The fraction of sp³-hybridized carbons (Fsp3) is 0.389. The normalized spacial score (nSPS) is 19.0. The molecule has 0 spiro atoms. The van der Waals surface area contributed by atoms with Gasteiger partial charge in [0.1, 0.15) is 5.69 Å². The maximum absolute atomic E-state index is 12.5. The number of carbonyl (C=O) groups excluding carboxylic acids is 2. The number of hydrogen-bond acceptors (Lipinski definition) is 3. The minimum absolute atomic E-state index is 0.0420. The van der Waals surface area contributed by atoms with Crippen molar-refractivity contribution < 1.29 is 9.59 Å². The molecule has 1 N–H and O–H groups in total. The molecule has 1 aliphatic carbocycles. The van der Waals surface area contributed by atoms with Crippen LogP contribution in [0.3, 0.4) is 0 Å². The molecule has 1 aromatic carbocycles. The molecule has 1 aromatic heterocycles. The molecule has 2 aromatic rings. The zero-order valence-corrected chi connectivity index (χ0v) is 14.2. The molecular weight excluding hydrogens is 304 g/mol. The number of hydrogen-bond donors (Lipinski definition) is 1. The Kier molecular flexibility index (Phi) is 4.38. The Labute approximate surface area is 141 Å². The van der Waals surface area contributed by atoms with E-state index in [4.69, 9.17) is 0 Å². The molecule has 6 heteroatoms. The molecule has 0 bridgehead atoms. The lowest BCUT2D eigenvalue weighted by molar-refractivity contribution is -0.117. The van der Waals surface area contributed by atoms with Gasteiger partial charge in [0.15, 0.2) is 0 Å². The second kappa shape index (κ2) is 6.47. The quantitative estimate of drug-likeness (QED) is 0.917. The first kappa shape index (κ1) is 16.2. The van der Waals surface area contributed by atoms with Crippen LogP contribution in [0.25, 0.3) is 0 Å². The Morgan fingerprint density at radius 2 is 2.00 bits per heavy atom. The van der Waals surface area contributed by atoms with Gasteiger partial charge in [0.2, 0.25) is 5.91 Å². The first-order valence-electron chi connectivity index (χ1n) is 8.16. The highest BCUT2D eigenvalue weighted by Gasteiger charge is 2.44. The fourth-order valence-corrected chi connectivity index (χ4v) is 2.93. The summed E-state index contributed by atoms with van der Waals surface area (Å²) in [6.07, 6.45) is 2.40. The topological polar surface area (TPSA) is 67.2 Å². The first-order chi connectivity index (χ1) is 11.5. The Balaban J connectivity index is 1.74. The van der Waals surface area contributed by atoms with Gasteiger partial charge in [0, 0.05) is 26.6 Å². The average molecular weight is 326 g/mol. The maximum atomic E-state index is 12.5. The minimum Gasteiger partial charge on any atom is -0.343 e. The van der Waals surface area contributed by atoms with E-state index in [0.29, 0.717) is 17.9 Å². The predicted octanol–water partition coefficient (Wildman–Crippen LogP) is 2.35. The van der Waals surface area contributed by atoms with Gasteiger partial charge in [0.25, 0.3) is 5.91 Å². The van der Waals surface area contributed by atoms with E-state index in [9.17, 15) is 9.59 Å². The van der Waals surface area contributed by atoms with Crippen molar-refractivity contribution in [2.75, 3.05) is 19.4 Å². The van der Waals surface area contributed by atoms with E-state index in [-0.39, 0.29) is 23.7 Å². The van der Waals surface area contributed by atoms with Crippen LogP contribution in [-0.4, -0.2) is 40.6 Å². The van der Waals surface area contributed by atoms with Crippen LogP contribution < -0.4 is 5.32 Å². The van der Waals surface area contributed by atoms with E-state index < -0.39 is 0 Å². The third-order valence-electron chi connectivity index (χ3n) is 4.36. The molecule has 6 nitrogen and oxygen atoms in total. The van der Waals surface area contributed by atoms with Crippen molar-refractivity contribution in [2.45, 2.75) is 25.8 Å². The molecule has 1 heterocycles. The largest absolute Gasteiger partial charge is 0.343 e. The number of carbonyl (C=O) groups is 2. The van der Waals surface area contributed by atoms with Crippen LogP contribution in [0.5, 0.6) is 0 Å². The summed E-state index contributed by atoms with van der Waals surface area (Å²) in [5.74, 6) is 0.00692. The number of aromatic nitrogens is 2. The molecule has 24 heavy (non-hydrogen) atoms. The lowest BCUT2D eigenvalue weighted by Gasteiger charge is -2.13. The maximum Gasteiger partial charge on any atom is 0.273 e. The minimum atomic E-state index is -0.167. The number of nitrogens with zero attached hydrogens (tertiary/aromatic N) is 3. The molecule has 2 atom stereocenters. The van der Waals surface area contributed by atoms with E-state index in [1.165, 1.54) is 10.5 Å². The lowest BCUT2D eigenvalue weighted by atomic mass is 10.1. The third-order valence-corrected chi connectivity index (χ3v) is 4.36. The first-order valence-corrected chi connectivity index (χ1v) is 8.16. The number of rotatable bonds is 5. The van der Waals surface area contributed by atoms with Gasteiger partial charge in [-0.1, -0.05) is 30.3 Å². The van der Waals surface area contributed by atoms with Crippen molar-refractivity contribution in [1.82, 2.24) is 14.7 Å². The Hall–Kier alpha value is -2.63. The summed E-state index contributed by atoms with van der Waals surface area (Å²) in [6, 6.07) is 10.0. The predicted molar refractivity (Wildman–Crippen MR) is 91.8 cm³/mol. The second-order valence-corrected chi connectivity index (χ2v) is 6.27. The van der Waals surface area contributed by atoms with Crippen LogP contribution >= 0.6 is 0 Å². The third kappa shape index (κ3) is 3.04. The number of amides is 2. The average Bonchev–Trinajstić information content (AvgIpc) is 3.30. The van der Waals surface area contributed by atoms with Crippen molar-refractivity contribution in [2.24, 2.45) is 5.92 Å². The van der Waals surface area contributed by atoms with Crippen LogP contribution in [-0.2, 0) is 11.3 Å². The van der Waals surface area contributed by atoms with E-state index in [1.54, 1.807) is 25.0 Å². The Morgan fingerprint density at radius 3 is 2.62 bits per heavy atom. The van der Waals surface area contributed by atoms with Gasteiger partial charge in [-0.3, -0.25) is 14.3 Å². The molecule has 2 unspecified atom stereocenters. The highest BCUT2D eigenvalue weighted by molar-refractivity contribution is 6.03. The summed E-state index contributed by atoms with van der Waals surface area (Å²) < 4.78 is 1.61. The number of anilines is 1. The molecule has 1 saturated carbocycles. The second-order valence-electron chi connectivity index (χ2n) is 6.27. The highest BCUT2D eigenvalue weighted by atomic mass is 16.2. The fourth-order valence-electron chi connectivity index (χ4n) is 2.93. The molecule has 1 fully saturated rings. The van der Waals surface area contributed by atoms with Gasteiger partial charge >= 0.3 is 0 Å². The van der Waals surface area contributed by atoms with Crippen molar-refractivity contribution in [1.29, 1.82) is 0 Å². The van der Waals surface area contributed by atoms with E-state index in [1.807, 2.05) is 37.3 Å². The molecule has 0 aliphatic heterocycles. The summed E-state index contributed by atoms with van der Waals surface area (Å²) >= 11 is 0. The van der Waals surface area contributed by atoms with E-state index in [0.717, 1.165) is 6.42 Å². The number of aryl methyl sites for hydroxylation is 1. The summed E-state index contributed by atoms with van der Waals surface area (Å²) in [5, 5.41) is 7.10. The van der Waals surface area contributed by atoms with Gasteiger partial charge in [-0.25, -0.2) is 0 Å². The van der Waals surface area contributed by atoms with Gasteiger partial charge in [-0.2, -0.15) is 5.10 Å².